The van der Waals surface area contributed by atoms with Gasteiger partial charge in [-0.05, 0) is 61.0 Å². The Morgan fingerprint density at radius 1 is 0.969 bits per heavy atom. The third-order valence-corrected chi connectivity index (χ3v) is 5.53. The van der Waals surface area contributed by atoms with Crippen LogP contribution in [-0.2, 0) is 7.05 Å². The van der Waals surface area contributed by atoms with Gasteiger partial charge in [-0.25, -0.2) is 9.97 Å². The largest absolute Gasteiger partial charge is 0.497 e. The number of oxazole rings is 1. The summed E-state index contributed by atoms with van der Waals surface area (Å²) >= 11 is 0. The zero-order chi connectivity index (χ0) is 22.2. The number of aryl methyl sites for hydroxylation is 3. The Bertz CT molecular complexity index is 1410. The number of methoxy groups -OCH3 is 1. The monoisotopic (exact) mass is 424 g/mol. The molecule has 0 unspecified atom stereocenters. The van der Waals surface area contributed by atoms with Gasteiger partial charge in [-0.1, -0.05) is 12.1 Å². The van der Waals surface area contributed by atoms with Crippen LogP contribution in [0.4, 0.5) is 11.4 Å². The van der Waals surface area contributed by atoms with Gasteiger partial charge in [0.15, 0.2) is 11.7 Å². The first-order valence-electron chi connectivity index (χ1n) is 10.4. The maximum Gasteiger partial charge on any atom is 0.191 e. The number of anilines is 2. The van der Waals surface area contributed by atoms with Crippen LogP contribution < -0.4 is 10.1 Å². The van der Waals surface area contributed by atoms with E-state index in [-0.39, 0.29) is 0 Å². The molecule has 0 bridgehead atoms. The minimum atomic E-state index is 0.659. The lowest BCUT2D eigenvalue weighted by Gasteiger charge is -2.09. The zero-order valence-electron chi connectivity index (χ0n) is 18.5. The molecular formula is C26H24N4O2. The smallest absolute Gasteiger partial charge is 0.191 e. The third kappa shape index (κ3) is 3.60. The topological polar surface area (TPSA) is 65.1 Å². The van der Waals surface area contributed by atoms with Crippen LogP contribution in [0.25, 0.3) is 33.7 Å². The molecule has 0 aliphatic rings. The van der Waals surface area contributed by atoms with Crippen molar-refractivity contribution in [3.05, 3.63) is 78.3 Å². The minimum Gasteiger partial charge on any atom is -0.497 e. The molecule has 2 aromatic heterocycles. The second kappa shape index (κ2) is 7.89. The van der Waals surface area contributed by atoms with E-state index in [1.54, 1.807) is 13.3 Å². The maximum atomic E-state index is 5.62. The molecule has 160 valence electrons. The maximum absolute atomic E-state index is 5.62. The molecule has 0 atom stereocenters. The van der Waals surface area contributed by atoms with Crippen molar-refractivity contribution in [3.8, 4) is 28.5 Å². The summed E-state index contributed by atoms with van der Waals surface area (Å²) in [6.07, 6.45) is 1.75. The van der Waals surface area contributed by atoms with Crippen LogP contribution >= 0.6 is 0 Å². The van der Waals surface area contributed by atoms with E-state index in [1.165, 1.54) is 0 Å². The Kier molecular flexibility index (Phi) is 4.90. The van der Waals surface area contributed by atoms with Crippen LogP contribution in [-0.4, -0.2) is 21.6 Å². The summed E-state index contributed by atoms with van der Waals surface area (Å²) < 4.78 is 13.1. The Balaban J connectivity index is 1.52. The first-order chi connectivity index (χ1) is 15.5. The highest BCUT2D eigenvalue weighted by Crippen LogP contribution is 2.33. The zero-order valence-corrected chi connectivity index (χ0v) is 18.5. The SMILES string of the molecule is COc1cccc(-c2nc3c(Nc4ccc(-c5cnc(C)o5)cc4)cc(C)cc3n2C)c1. The summed E-state index contributed by atoms with van der Waals surface area (Å²) in [6, 6.07) is 20.4. The predicted octanol–water partition coefficient (Wildman–Crippen LogP) is 6.26. The number of imidazole rings is 1. The average Bonchev–Trinajstić information content (AvgIpc) is 3.38. The quantitative estimate of drug-likeness (QED) is 0.360. The highest BCUT2D eigenvalue weighted by Gasteiger charge is 2.15. The van der Waals surface area contributed by atoms with Crippen molar-refractivity contribution in [2.75, 3.05) is 12.4 Å². The predicted molar refractivity (Wildman–Crippen MR) is 127 cm³/mol. The number of nitrogens with zero attached hydrogens (tertiary/aromatic N) is 3. The second-order valence-corrected chi connectivity index (χ2v) is 7.85. The van der Waals surface area contributed by atoms with Crippen molar-refractivity contribution in [3.63, 3.8) is 0 Å². The minimum absolute atomic E-state index is 0.659. The van der Waals surface area contributed by atoms with Gasteiger partial charge >= 0.3 is 0 Å². The second-order valence-electron chi connectivity index (χ2n) is 7.85. The first-order valence-corrected chi connectivity index (χ1v) is 10.4. The van der Waals surface area contributed by atoms with E-state index in [0.717, 1.165) is 56.4 Å². The van der Waals surface area contributed by atoms with Crippen LogP contribution in [0.1, 0.15) is 11.5 Å². The Morgan fingerprint density at radius 2 is 1.78 bits per heavy atom. The van der Waals surface area contributed by atoms with Crippen molar-refractivity contribution >= 4 is 22.4 Å². The highest BCUT2D eigenvalue weighted by molar-refractivity contribution is 5.93. The summed E-state index contributed by atoms with van der Waals surface area (Å²) in [4.78, 5) is 9.16. The van der Waals surface area contributed by atoms with Crippen LogP contribution in [0.3, 0.4) is 0 Å². The standard InChI is InChI=1S/C26H24N4O2/c1-16-12-22(28-20-10-8-18(9-11-20)24-15-27-17(2)32-24)25-23(13-16)30(3)26(29-25)19-6-5-7-21(14-19)31-4/h5-15,28H,1-4H3. The number of nitrogens with one attached hydrogen (secondary N) is 1. The van der Waals surface area contributed by atoms with E-state index in [0.29, 0.717) is 5.89 Å². The molecule has 0 amide bonds. The number of ether oxygens (including phenoxy) is 1. The van der Waals surface area contributed by atoms with Crippen LogP contribution in [0.15, 0.2) is 71.3 Å². The normalized spacial score (nSPS) is 11.1. The molecule has 0 spiro atoms. The Labute approximate surface area is 186 Å². The van der Waals surface area contributed by atoms with E-state index < -0.39 is 0 Å². The molecule has 5 rings (SSSR count). The number of aromatic nitrogens is 3. The van der Waals surface area contributed by atoms with E-state index >= 15 is 0 Å². The lowest BCUT2D eigenvalue weighted by atomic mass is 10.1. The van der Waals surface area contributed by atoms with Crippen molar-refractivity contribution in [1.29, 1.82) is 0 Å². The summed E-state index contributed by atoms with van der Waals surface area (Å²) in [5, 5.41) is 3.54. The highest BCUT2D eigenvalue weighted by atomic mass is 16.5. The van der Waals surface area contributed by atoms with Crippen molar-refractivity contribution in [2.24, 2.45) is 7.05 Å². The average molecular weight is 425 g/mol. The van der Waals surface area contributed by atoms with E-state index in [1.807, 2.05) is 62.5 Å². The molecule has 6 heteroatoms. The lowest BCUT2D eigenvalue weighted by Crippen LogP contribution is -1.94. The van der Waals surface area contributed by atoms with Gasteiger partial charge in [0, 0.05) is 30.8 Å². The summed E-state index contributed by atoms with van der Waals surface area (Å²) in [5.41, 5.74) is 7.10. The molecule has 3 aromatic carbocycles. The molecule has 1 N–H and O–H groups in total. The number of hydrogen-bond donors (Lipinski definition) is 1. The van der Waals surface area contributed by atoms with Crippen molar-refractivity contribution < 1.29 is 9.15 Å². The van der Waals surface area contributed by atoms with Crippen LogP contribution in [0.5, 0.6) is 5.75 Å². The third-order valence-electron chi connectivity index (χ3n) is 5.53. The lowest BCUT2D eigenvalue weighted by molar-refractivity contribution is 0.415. The van der Waals surface area contributed by atoms with Crippen LogP contribution in [0.2, 0.25) is 0 Å². The number of hydrogen-bond acceptors (Lipinski definition) is 5. The molecule has 0 saturated heterocycles. The Morgan fingerprint density at radius 3 is 2.50 bits per heavy atom. The van der Waals surface area contributed by atoms with E-state index in [2.05, 4.69) is 33.9 Å². The summed E-state index contributed by atoms with van der Waals surface area (Å²) in [7, 11) is 3.72. The summed E-state index contributed by atoms with van der Waals surface area (Å²) in [6.45, 7) is 3.94. The van der Waals surface area contributed by atoms with Gasteiger partial charge in [0.1, 0.15) is 17.1 Å². The van der Waals surface area contributed by atoms with E-state index in [9.17, 15) is 0 Å². The fraction of sp³-hybridized carbons (Fsp3) is 0.154. The van der Waals surface area contributed by atoms with Gasteiger partial charge in [-0.15, -0.1) is 0 Å². The van der Waals surface area contributed by atoms with E-state index in [4.69, 9.17) is 14.1 Å². The first kappa shape index (κ1) is 19.9. The number of benzene rings is 3. The van der Waals surface area contributed by atoms with Gasteiger partial charge in [-0.3, -0.25) is 0 Å². The molecule has 0 saturated carbocycles. The number of rotatable bonds is 5. The van der Waals surface area contributed by atoms with Crippen molar-refractivity contribution in [2.45, 2.75) is 13.8 Å². The molecule has 0 fully saturated rings. The van der Waals surface area contributed by atoms with Gasteiger partial charge in [-0.2, -0.15) is 0 Å². The molecule has 0 aliphatic heterocycles. The molecule has 0 radical (unpaired) electrons. The molecule has 5 aromatic rings. The fourth-order valence-electron chi connectivity index (χ4n) is 3.91. The molecule has 0 aliphatic carbocycles. The van der Waals surface area contributed by atoms with Gasteiger partial charge in [0.25, 0.3) is 0 Å². The van der Waals surface area contributed by atoms with Gasteiger partial charge in [0.05, 0.1) is 24.5 Å². The molecule has 2 heterocycles. The Hall–Kier alpha value is -4.06. The molecule has 32 heavy (non-hydrogen) atoms. The summed E-state index contributed by atoms with van der Waals surface area (Å²) in [5.74, 6) is 3.13. The van der Waals surface area contributed by atoms with Gasteiger partial charge in [0.2, 0.25) is 0 Å². The van der Waals surface area contributed by atoms with Crippen molar-refractivity contribution in [1.82, 2.24) is 14.5 Å². The molecular weight excluding hydrogens is 400 g/mol. The molecule has 6 nitrogen and oxygen atoms in total. The fourth-order valence-corrected chi connectivity index (χ4v) is 3.91. The van der Waals surface area contributed by atoms with Crippen LogP contribution in [0, 0.1) is 13.8 Å². The van der Waals surface area contributed by atoms with Gasteiger partial charge < -0.3 is 19.0 Å². The number of fused-ring (bicyclic) bond motifs is 1.